The Kier molecular flexibility index (Phi) is 4.25. The van der Waals surface area contributed by atoms with Gasteiger partial charge in [0.05, 0.1) is 11.3 Å². The van der Waals surface area contributed by atoms with Crippen molar-refractivity contribution in [1.29, 1.82) is 0 Å². The third kappa shape index (κ3) is 2.90. The number of nitrogens with two attached hydrogens (primary N) is 1. The van der Waals surface area contributed by atoms with E-state index in [-0.39, 0.29) is 10.6 Å². The third-order valence-corrected chi connectivity index (χ3v) is 4.49. The molecule has 0 spiro atoms. The first kappa shape index (κ1) is 17.4. The third-order valence-electron chi connectivity index (χ3n) is 4.15. The second-order valence-electron chi connectivity index (χ2n) is 5.82. The number of aromatic nitrogens is 5. The molecule has 0 radical (unpaired) electrons. The number of pyridine rings is 1. The van der Waals surface area contributed by atoms with Crippen molar-refractivity contribution in [2.75, 3.05) is 5.43 Å². The largest absolute Gasteiger partial charge is 0.375 e. The van der Waals surface area contributed by atoms with Crippen LogP contribution in [0.25, 0.3) is 27.8 Å². The molecule has 3 aromatic heterocycles. The molecule has 27 heavy (non-hydrogen) atoms. The van der Waals surface area contributed by atoms with Gasteiger partial charge in [-0.3, -0.25) is 10.2 Å². The number of rotatable bonds is 3. The summed E-state index contributed by atoms with van der Waals surface area (Å²) in [7, 11) is 0. The molecule has 0 atom stereocenters. The van der Waals surface area contributed by atoms with Crippen molar-refractivity contribution in [3.05, 3.63) is 57.6 Å². The van der Waals surface area contributed by atoms with Crippen molar-refractivity contribution in [2.24, 2.45) is 5.73 Å². The highest BCUT2D eigenvalue weighted by Crippen LogP contribution is 2.29. The summed E-state index contributed by atoms with van der Waals surface area (Å²) in [6, 6.07) is 9.16. The summed E-state index contributed by atoms with van der Waals surface area (Å²) in [4.78, 5) is 12.6. The second kappa shape index (κ2) is 6.60. The van der Waals surface area contributed by atoms with Gasteiger partial charge >= 0.3 is 0 Å². The van der Waals surface area contributed by atoms with Crippen molar-refractivity contribution >= 4 is 45.6 Å². The van der Waals surface area contributed by atoms with Gasteiger partial charge in [0, 0.05) is 11.2 Å². The Morgan fingerprint density at radius 2 is 2.00 bits per heavy atom. The van der Waals surface area contributed by atoms with Crippen LogP contribution in [0.15, 0.2) is 41.3 Å². The van der Waals surface area contributed by atoms with E-state index < -0.39 is 5.56 Å². The van der Waals surface area contributed by atoms with Crippen LogP contribution in [0.3, 0.4) is 0 Å². The number of benzene rings is 1. The predicted octanol–water partition coefficient (Wildman–Crippen LogP) is 2.11. The Morgan fingerprint density at radius 3 is 2.67 bits per heavy atom. The van der Waals surface area contributed by atoms with Gasteiger partial charge in [0.2, 0.25) is 0 Å². The highest BCUT2D eigenvalue weighted by atomic mass is 35.5. The minimum absolute atomic E-state index is 0.0251. The van der Waals surface area contributed by atoms with Gasteiger partial charge < -0.3 is 5.73 Å². The molecule has 136 valence electrons. The maximum Gasteiger partial charge on any atom is 0.299 e. The summed E-state index contributed by atoms with van der Waals surface area (Å²) in [6.07, 6.45) is 2.23. The lowest BCUT2D eigenvalue weighted by molar-refractivity contribution is 0.873. The molecule has 3 N–H and O–H groups in total. The van der Waals surface area contributed by atoms with Gasteiger partial charge in [-0.1, -0.05) is 30.7 Å². The second-order valence-corrected chi connectivity index (χ2v) is 6.69. The van der Waals surface area contributed by atoms with E-state index in [2.05, 4.69) is 20.7 Å². The molecule has 0 aliphatic rings. The Labute approximate surface area is 163 Å². The van der Waals surface area contributed by atoms with Crippen LogP contribution in [0.5, 0.6) is 0 Å². The average Bonchev–Trinajstić information content (AvgIpc) is 3.03. The highest BCUT2D eigenvalue weighted by Gasteiger charge is 2.18. The molecule has 0 saturated heterocycles. The molecule has 3 heterocycles. The Morgan fingerprint density at radius 1 is 1.26 bits per heavy atom. The van der Waals surface area contributed by atoms with Gasteiger partial charge in [0.1, 0.15) is 5.52 Å². The van der Waals surface area contributed by atoms with Crippen molar-refractivity contribution in [1.82, 2.24) is 24.5 Å². The molecule has 8 nitrogen and oxygen atoms in total. The SMILES string of the molecule is CCc1nn2c(nnc3c(=O)n(NC(N)=S)ccc32)c1-c1ccc(Cl)cc1. The molecule has 0 aliphatic carbocycles. The predicted molar refractivity (Wildman–Crippen MR) is 109 cm³/mol. The van der Waals surface area contributed by atoms with E-state index in [0.717, 1.165) is 21.5 Å². The number of nitrogens with zero attached hydrogens (tertiary/aromatic N) is 5. The van der Waals surface area contributed by atoms with Gasteiger partial charge in [-0.25, -0.2) is 9.19 Å². The van der Waals surface area contributed by atoms with Gasteiger partial charge in [0.15, 0.2) is 16.3 Å². The molecule has 0 unspecified atom stereocenters. The molecule has 0 bridgehead atoms. The molecule has 4 aromatic rings. The standard InChI is InChI=1S/C17H14ClN7OS/c1-2-11-13(9-3-5-10(18)6-4-9)15-21-20-14-12(25(15)22-11)7-8-24(16(14)26)23-17(19)27/h3-8H,2H2,1H3,(H3,19,23,27). The van der Waals surface area contributed by atoms with Crippen LogP contribution in [0.2, 0.25) is 5.02 Å². The molecule has 4 rings (SSSR count). The number of aryl methyl sites for hydroxylation is 1. The van der Waals surface area contributed by atoms with Crippen LogP contribution in [0, 0.1) is 0 Å². The number of hydrogen-bond donors (Lipinski definition) is 2. The summed E-state index contributed by atoms with van der Waals surface area (Å²) in [5, 5.41) is 13.7. The zero-order chi connectivity index (χ0) is 19.1. The van der Waals surface area contributed by atoms with Crippen molar-refractivity contribution in [3.8, 4) is 11.1 Å². The molecule has 0 aliphatic heterocycles. The summed E-state index contributed by atoms with van der Waals surface area (Å²) in [5.74, 6) is 0. The monoisotopic (exact) mass is 399 g/mol. The molecule has 1 aromatic carbocycles. The fourth-order valence-electron chi connectivity index (χ4n) is 2.96. The van der Waals surface area contributed by atoms with E-state index in [4.69, 9.17) is 29.6 Å². The van der Waals surface area contributed by atoms with Crippen LogP contribution in [0.1, 0.15) is 12.6 Å². The number of fused-ring (bicyclic) bond motifs is 3. The zero-order valence-corrected chi connectivity index (χ0v) is 15.8. The topological polar surface area (TPSA) is 103 Å². The first-order valence-electron chi connectivity index (χ1n) is 8.11. The van der Waals surface area contributed by atoms with E-state index in [0.29, 0.717) is 22.6 Å². The summed E-state index contributed by atoms with van der Waals surface area (Å²) < 4.78 is 2.80. The molecular formula is C17H14ClN7OS. The molecular weight excluding hydrogens is 386 g/mol. The minimum atomic E-state index is -0.420. The summed E-state index contributed by atoms with van der Waals surface area (Å²) in [5.41, 5.74) is 11.5. The van der Waals surface area contributed by atoms with E-state index in [1.165, 1.54) is 6.20 Å². The smallest absolute Gasteiger partial charge is 0.299 e. The van der Waals surface area contributed by atoms with Crippen LogP contribution in [-0.2, 0) is 6.42 Å². The Bertz CT molecular complexity index is 1250. The Balaban J connectivity index is 2.01. The number of thiocarbonyl (C=S) groups is 1. The quantitative estimate of drug-likeness (QED) is 0.508. The summed E-state index contributed by atoms with van der Waals surface area (Å²) in [6.45, 7) is 2.01. The van der Waals surface area contributed by atoms with Gasteiger partial charge in [-0.2, -0.15) is 5.10 Å². The summed E-state index contributed by atoms with van der Waals surface area (Å²) >= 11 is 10.8. The number of nitrogens with one attached hydrogen (secondary N) is 1. The lowest BCUT2D eigenvalue weighted by Gasteiger charge is -2.08. The van der Waals surface area contributed by atoms with Gasteiger partial charge in [0.25, 0.3) is 5.56 Å². The van der Waals surface area contributed by atoms with Crippen molar-refractivity contribution in [2.45, 2.75) is 13.3 Å². The first-order valence-corrected chi connectivity index (χ1v) is 8.90. The average molecular weight is 400 g/mol. The van der Waals surface area contributed by atoms with Crippen molar-refractivity contribution in [3.63, 3.8) is 0 Å². The number of halogens is 1. The number of hydrogen-bond acceptors (Lipinski definition) is 5. The lowest BCUT2D eigenvalue weighted by Crippen LogP contribution is -2.36. The van der Waals surface area contributed by atoms with Gasteiger partial charge in [-0.05, 0) is 42.4 Å². The van der Waals surface area contributed by atoms with Crippen molar-refractivity contribution < 1.29 is 0 Å². The Hall–Kier alpha value is -3.04. The van der Waals surface area contributed by atoms with Crippen LogP contribution in [-0.4, -0.2) is 29.6 Å². The minimum Gasteiger partial charge on any atom is -0.375 e. The molecule has 0 saturated carbocycles. The highest BCUT2D eigenvalue weighted by molar-refractivity contribution is 7.80. The zero-order valence-electron chi connectivity index (χ0n) is 14.2. The normalized spacial score (nSPS) is 11.2. The molecule has 0 fully saturated rings. The maximum absolute atomic E-state index is 12.6. The maximum atomic E-state index is 12.6. The fraction of sp³-hybridized carbons (Fsp3) is 0.118. The van der Waals surface area contributed by atoms with E-state index in [9.17, 15) is 4.79 Å². The van der Waals surface area contributed by atoms with Crippen LogP contribution >= 0.6 is 23.8 Å². The molecule has 0 amide bonds. The van der Waals surface area contributed by atoms with E-state index in [1.54, 1.807) is 10.6 Å². The van der Waals surface area contributed by atoms with E-state index >= 15 is 0 Å². The van der Waals surface area contributed by atoms with Gasteiger partial charge in [-0.15, -0.1) is 10.2 Å². The molecule has 10 heteroatoms. The van der Waals surface area contributed by atoms with Crippen LogP contribution in [0.4, 0.5) is 0 Å². The van der Waals surface area contributed by atoms with E-state index in [1.807, 2.05) is 31.2 Å². The van der Waals surface area contributed by atoms with Crippen LogP contribution < -0.4 is 16.7 Å². The first-order chi connectivity index (χ1) is 13.0. The lowest BCUT2D eigenvalue weighted by atomic mass is 10.0. The fourth-order valence-corrected chi connectivity index (χ4v) is 3.18.